The molecule has 7 atom stereocenters. The molecule has 1 aromatic carbocycles. The smallest absolute Gasteiger partial charge is 0.235 e. The van der Waals surface area contributed by atoms with Gasteiger partial charge in [0, 0.05) is 23.8 Å². The zero-order valence-corrected chi connectivity index (χ0v) is 23.2. The Morgan fingerprint density at radius 1 is 1.12 bits per heavy atom. The minimum Gasteiger partial charge on any atom is -0.507 e. The lowest BCUT2D eigenvalue weighted by Crippen LogP contribution is -2.72. The number of aliphatic hydroxyl groups excluding tert-OH is 1. The van der Waals surface area contributed by atoms with Crippen molar-refractivity contribution in [3.05, 3.63) is 28.8 Å². The van der Waals surface area contributed by atoms with Gasteiger partial charge in [-0.15, -0.1) is 0 Å². The Kier molecular flexibility index (Phi) is 7.04. The molecule has 0 spiro atoms. The highest BCUT2D eigenvalue weighted by Gasteiger charge is 2.69. The van der Waals surface area contributed by atoms with Crippen LogP contribution >= 0.6 is 0 Å². The molecule has 1 aromatic rings. The van der Waals surface area contributed by atoms with Crippen LogP contribution in [0.15, 0.2) is 12.1 Å². The molecule has 1 aliphatic heterocycles. The van der Waals surface area contributed by atoms with Crippen molar-refractivity contribution in [2.45, 2.75) is 75.9 Å². The van der Waals surface area contributed by atoms with Gasteiger partial charge in [-0.25, -0.2) is 0 Å². The van der Waals surface area contributed by atoms with E-state index in [1.165, 1.54) is 12.8 Å². The number of likely N-dealkylation sites (tertiary alicyclic amines) is 1. The predicted molar refractivity (Wildman–Crippen MR) is 143 cm³/mol. The lowest BCUT2D eigenvalue weighted by molar-refractivity contribution is -0.189. The van der Waals surface area contributed by atoms with Crippen molar-refractivity contribution in [1.82, 2.24) is 4.90 Å². The fraction of sp³-hybridized carbons (Fsp3) is 0.633. The number of primary amides is 1. The van der Waals surface area contributed by atoms with Gasteiger partial charge in [-0.2, -0.15) is 0 Å². The van der Waals surface area contributed by atoms with Gasteiger partial charge in [-0.05, 0) is 62.2 Å². The van der Waals surface area contributed by atoms with Gasteiger partial charge in [0.2, 0.25) is 5.91 Å². The molecule has 3 fully saturated rings. The van der Waals surface area contributed by atoms with Gasteiger partial charge in [-0.1, -0.05) is 32.9 Å². The van der Waals surface area contributed by atoms with Crippen LogP contribution < -0.4 is 5.73 Å². The molecule has 0 aromatic heterocycles. The molecule has 216 valence electrons. The van der Waals surface area contributed by atoms with Crippen LogP contribution in [0.5, 0.6) is 5.75 Å². The van der Waals surface area contributed by atoms with Crippen molar-refractivity contribution in [1.29, 1.82) is 0 Å². The first-order valence-electron chi connectivity index (χ1n) is 14.2. The first-order chi connectivity index (χ1) is 18.7. The Morgan fingerprint density at radius 3 is 2.40 bits per heavy atom. The van der Waals surface area contributed by atoms with Crippen molar-refractivity contribution in [2.24, 2.45) is 29.4 Å². The zero-order chi connectivity index (χ0) is 29.3. The highest BCUT2D eigenvalue weighted by Crippen LogP contribution is 2.54. The molecule has 1 saturated heterocycles. The Hall–Kier alpha value is -2.95. The third-order valence-electron chi connectivity index (χ3n) is 10.1. The summed E-state index contributed by atoms with van der Waals surface area (Å²) in [6.07, 6.45) is 1.89. The number of aliphatic hydroxyl groups is 2. The molecule has 0 radical (unpaired) electrons. The largest absolute Gasteiger partial charge is 0.507 e. The lowest BCUT2D eigenvalue weighted by Gasteiger charge is -2.53. The number of ketones is 4. The second kappa shape index (κ2) is 9.85. The zero-order valence-electron chi connectivity index (χ0n) is 23.2. The number of hydrogen-bond donors (Lipinski definition) is 4. The number of nitrogens with zero attached hydrogens (tertiary/aromatic N) is 1. The molecule has 10 heteroatoms. The van der Waals surface area contributed by atoms with E-state index < -0.39 is 82.2 Å². The number of nitrogens with two attached hydrogens (primary N) is 1. The third kappa shape index (κ3) is 4.06. The summed E-state index contributed by atoms with van der Waals surface area (Å²) in [5.41, 5.74) is 2.79. The standard InChI is InChI=1S/C30H38N2O8/c1-14-15-7-8-16(29(2,3)9-6-12-32-10-4-5-11-32)23(34)20(15)25(36)22-19(14)24(35)17-13-18(33)21(28(31)39)26(37)30(17,40)27(22)38/h7-8,14,17,19,21-22,24,34-35,40H,4-6,9-13H2,1-3H3,(H2,31,39)/t14-,17+,19+,21?,22?,24+,30+/m0/s1. The number of hydrogen-bond acceptors (Lipinski definition) is 9. The van der Waals surface area contributed by atoms with Crippen molar-refractivity contribution >= 4 is 29.0 Å². The van der Waals surface area contributed by atoms with E-state index in [0.29, 0.717) is 11.1 Å². The highest BCUT2D eigenvalue weighted by atomic mass is 16.3. The first-order valence-corrected chi connectivity index (χ1v) is 14.2. The molecule has 4 aliphatic rings. The maximum Gasteiger partial charge on any atom is 0.235 e. The number of aromatic hydroxyl groups is 1. The fourth-order valence-electron chi connectivity index (χ4n) is 7.79. The highest BCUT2D eigenvalue weighted by molar-refractivity contribution is 6.31. The van der Waals surface area contributed by atoms with Crippen molar-refractivity contribution < 1.29 is 39.3 Å². The number of amides is 1. The van der Waals surface area contributed by atoms with E-state index in [-0.39, 0.29) is 11.3 Å². The molecule has 10 nitrogen and oxygen atoms in total. The summed E-state index contributed by atoms with van der Waals surface area (Å²) in [6.45, 7) is 8.81. The number of rotatable bonds is 6. The van der Waals surface area contributed by atoms with E-state index >= 15 is 0 Å². The second-order valence-electron chi connectivity index (χ2n) is 12.8. The summed E-state index contributed by atoms with van der Waals surface area (Å²) < 4.78 is 0. The number of Topliss-reactive ketones (excluding diaryl/α,β-unsaturated/α-hetero) is 4. The number of phenolic OH excluding ortho intramolecular Hbond substituents is 1. The Bertz CT molecular complexity index is 1300. The van der Waals surface area contributed by atoms with Gasteiger partial charge in [0.15, 0.2) is 34.7 Å². The number of benzene rings is 1. The monoisotopic (exact) mass is 554 g/mol. The summed E-state index contributed by atoms with van der Waals surface area (Å²) in [4.78, 5) is 67.8. The average molecular weight is 555 g/mol. The summed E-state index contributed by atoms with van der Waals surface area (Å²) in [7, 11) is 0. The van der Waals surface area contributed by atoms with Crippen LogP contribution in [-0.2, 0) is 24.6 Å². The maximum atomic E-state index is 14.0. The molecular formula is C30H38N2O8. The number of carbonyl (C=O) groups excluding carboxylic acids is 5. The topological polar surface area (TPSA) is 175 Å². The lowest BCUT2D eigenvalue weighted by atomic mass is 9.50. The summed E-state index contributed by atoms with van der Waals surface area (Å²) in [5.74, 6) is -12.6. The summed E-state index contributed by atoms with van der Waals surface area (Å²) in [6, 6.07) is 3.52. The van der Waals surface area contributed by atoms with Crippen LogP contribution in [0.1, 0.15) is 80.3 Å². The molecule has 5 rings (SSSR count). The Morgan fingerprint density at radius 2 is 1.77 bits per heavy atom. The van der Waals surface area contributed by atoms with E-state index in [1.54, 1.807) is 19.1 Å². The Balaban J connectivity index is 1.51. The summed E-state index contributed by atoms with van der Waals surface area (Å²) >= 11 is 0. The van der Waals surface area contributed by atoms with Gasteiger partial charge in [-0.3, -0.25) is 24.0 Å². The second-order valence-corrected chi connectivity index (χ2v) is 12.8. The van der Waals surface area contributed by atoms with Crippen LogP contribution in [-0.4, -0.2) is 80.6 Å². The SMILES string of the molecule is C[C@H]1c2ccc(C(C)(C)CCCN3CCCC3)c(O)c2C(=O)C2C(=O)[C@]3(O)C(=O)C(C(N)=O)C(=O)C[C@@H]3[C@@H](O)[C@@H]21. The minimum absolute atomic E-state index is 0.0488. The molecule has 5 N–H and O–H groups in total. The molecule has 1 heterocycles. The van der Waals surface area contributed by atoms with Gasteiger partial charge in [0.05, 0.1) is 17.6 Å². The van der Waals surface area contributed by atoms with E-state index in [9.17, 15) is 39.3 Å². The maximum absolute atomic E-state index is 14.0. The molecule has 1 amide bonds. The van der Waals surface area contributed by atoms with E-state index in [2.05, 4.69) is 4.90 Å². The minimum atomic E-state index is -2.91. The van der Waals surface area contributed by atoms with E-state index in [1.807, 2.05) is 13.8 Å². The molecule has 2 unspecified atom stereocenters. The van der Waals surface area contributed by atoms with E-state index in [4.69, 9.17) is 5.73 Å². The average Bonchev–Trinajstić information content (AvgIpc) is 3.39. The fourth-order valence-corrected chi connectivity index (χ4v) is 7.79. The van der Waals surface area contributed by atoms with Crippen molar-refractivity contribution in [2.75, 3.05) is 19.6 Å². The van der Waals surface area contributed by atoms with Crippen LogP contribution in [0, 0.1) is 23.7 Å². The number of fused-ring (bicyclic) bond motifs is 3. The molecule has 3 aliphatic carbocycles. The van der Waals surface area contributed by atoms with Gasteiger partial charge < -0.3 is 26.0 Å². The number of phenols is 1. The molecule has 2 saturated carbocycles. The van der Waals surface area contributed by atoms with Gasteiger partial charge in [0.1, 0.15) is 5.75 Å². The normalized spacial score (nSPS) is 34.4. The van der Waals surface area contributed by atoms with Gasteiger partial charge >= 0.3 is 0 Å². The number of carbonyl (C=O) groups is 5. The van der Waals surface area contributed by atoms with E-state index in [0.717, 1.165) is 32.5 Å². The van der Waals surface area contributed by atoms with Gasteiger partial charge in [0.25, 0.3) is 0 Å². The quantitative estimate of drug-likeness (QED) is 0.374. The summed E-state index contributed by atoms with van der Waals surface area (Å²) in [5, 5.41) is 34.2. The van der Waals surface area contributed by atoms with Crippen LogP contribution in [0.4, 0.5) is 0 Å². The third-order valence-corrected chi connectivity index (χ3v) is 10.1. The van der Waals surface area contributed by atoms with Crippen LogP contribution in [0.3, 0.4) is 0 Å². The van der Waals surface area contributed by atoms with Crippen molar-refractivity contribution in [3.8, 4) is 5.75 Å². The molecular weight excluding hydrogens is 516 g/mol. The molecule has 40 heavy (non-hydrogen) atoms. The van der Waals surface area contributed by atoms with Crippen molar-refractivity contribution in [3.63, 3.8) is 0 Å². The van der Waals surface area contributed by atoms with Crippen LogP contribution in [0.25, 0.3) is 0 Å². The molecule has 0 bridgehead atoms. The predicted octanol–water partition coefficient (Wildman–Crippen LogP) is 1.01. The Labute approximate surface area is 232 Å². The first kappa shape index (κ1) is 28.6. The van der Waals surface area contributed by atoms with Crippen LogP contribution in [0.2, 0.25) is 0 Å².